The summed E-state index contributed by atoms with van der Waals surface area (Å²) < 4.78 is 22.9. The number of rotatable bonds is 3. The first-order chi connectivity index (χ1) is 8.80. The van der Waals surface area contributed by atoms with Gasteiger partial charge in [-0.15, -0.1) is 0 Å². The maximum atomic E-state index is 12.0. The second-order valence-corrected chi connectivity index (χ2v) is 7.81. The largest absolute Gasteiger partial charge is 0.350 e. The van der Waals surface area contributed by atoms with Crippen molar-refractivity contribution >= 4 is 27.3 Å². The number of sulfone groups is 1. The Morgan fingerprint density at radius 3 is 2.68 bits per heavy atom. The lowest BCUT2D eigenvalue weighted by atomic mass is 10.0. The van der Waals surface area contributed by atoms with E-state index in [1.54, 1.807) is 25.1 Å². The van der Waals surface area contributed by atoms with Gasteiger partial charge in [0.1, 0.15) is 0 Å². The summed E-state index contributed by atoms with van der Waals surface area (Å²) in [4.78, 5) is 12.0. The molecule has 0 aliphatic carbocycles. The Kier molecular flexibility index (Phi) is 3.87. The van der Waals surface area contributed by atoms with Crippen LogP contribution in [0.25, 0.3) is 0 Å². The summed E-state index contributed by atoms with van der Waals surface area (Å²) in [5.74, 6) is -0.0582. The monoisotopic (exact) mass is 301 g/mol. The molecule has 1 aromatic carbocycles. The number of nitrogens with one attached hydrogen (secondary N) is 1. The van der Waals surface area contributed by atoms with Crippen LogP contribution in [-0.4, -0.2) is 31.4 Å². The molecule has 1 heterocycles. The molecule has 0 spiro atoms. The van der Waals surface area contributed by atoms with E-state index in [4.69, 9.17) is 11.6 Å². The zero-order valence-electron chi connectivity index (χ0n) is 10.6. The third-order valence-electron chi connectivity index (χ3n) is 3.25. The molecule has 0 saturated carbocycles. The number of halogens is 1. The van der Waals surface area contributed by atoms with Crippen molar-refractivity contribution in [3.63, 3.8) is 0 Å². The molecule has 104 valence electrons. The maximum Gasteiger partial charge on any atom is 0.224 e. The Balaban J connectivity index is 2.01. The SMILES string of the molecule is C[C@]1(NC(=O)Cc2ccccc2Cl)CCS(=O)(=O)C1. The number of amides is 1. The molecular weight excluding hydrogens is 286 g/mol. The third-order valence-corrected chi connectivity index (χ3v) is 5.53. The summed E-state index contributed by atoms with van der Waals surface area (Å²) in [6.07, 6.45) is 0.624. The van der Waals surface area contributed by atoms with Gasteiger partial charge in [-0.2, -0.15) is 0 Å². The molecule has 19 heavy (non-hydrogen) atoms. The number of hydrogen-bond donors (Lipinski definition) is 1. The van der Waals surface area contributed by atoms with E-state index in [0.717, 1.165) is 5.56 Å². The lowest BCUT2D eigenvalue weighted by molar-refractivity contribution is -0.121. The highest BCUT2D eigenvalue weighted by Crippen LogP contribution is 2.23. The molecule has 2 rings (SSSR count). The first-order valence-electron chi connectivity index (χ1n) is 6.05. The number of carbonyl (C=O) groups excluding carboxylic acids is 1. The summed E-state index contributed by atoms with van der Waals surface area (Å²) in [5.41, 5.74) is 0.0862. The summed E-state index contributed by atoms with van der Waals surface area (Å²) >= 11 is 5.99. The predicted molar refractivity (Wildman–Crippen MR) is 75.0 cm³/mol. The van der Waals surface area contributed by atoms with Gasteiger partial charge < -0.3 is 5.32 Å². The molecule has 0 bridgehead atoms. The van der Waals surface area contributed by atoms with E-state index in [1.165, 1.54) is 0 Å². The maximum absolute atomic E-state index is 12.0. The quantitative estimate of drug-likeness (QED) is 0.922. The summed E-state index contributed by atoms with van der Waals surface area (Å²) in [7, 11) is -3.02. The van der Waals surface area contributed by atoms with Crippen molar-refractivity contribution in [2.45, 2.75) is 25.3 Å². The molecule has 1 atom stereocenters. The summed E-state index contributed by atoms with van der Waals surface area (Å²) in [6.45, 7) is 1.77. The molecule has 4 nitrogen and oxygen atoms in total. The minimum atomic E-state index is -3.02. The van der Waals surface area contributed by atoms with E-state index in [9.17, 15) is 13.2 Å². The first-order valence-corrected chi connectivity index (χ1v) is 8.24. The molecule has 0 aromatic heterocycles. The fourth-order valence-corrected chi connectivity index (χ4v) is 4.60. The Hall–Kier alpha value is -1.07. The van der Waals surface area contributed by atoms with Gasteiger partial charge >= 0.3 is 0 Å². The normalized spacial score (nSPS) is 25.2. The average Bonchev–Trinajstić information content (AvgIpc) is 2.56. The van der Waals surface area contributed by atoms with Crippen molar-refractivity contribution in [3.05, 3.63) is 34.9 Å². The predicted octanol–water partition coefficient (Wildman–Crippen LogP) is 1.58. The van der Waals surface area contributed by atoms with E-state index in [2.05, 4.69) is 5.32 Å². The highest BCUT2D eigenvalue weighted by atomic mass is 35.5. The Morgan fingerprint density at radius 2 is 2.11 bits per heavy atom. The molecule has 1 amide bonds. The van der Waals surface area contributed by atoms with Crippen molar-refractivity contribution in [2.75, 3.05) is 11.5 Å². The number of hydrogen-bond acceptors (Lipinski definition) is 3. The lowest BCUT2D eigenvalue weighted by Gasteiger charge is -2.24. The van der Waals surface area contributed by atoms with Crippen LogP contribution in [0.1, 0.15) is 18.9 Å². The van der Waals surface area contributed by atoms with Crippen LogP contribution in [0.4, 0.5) is 0 Å². The molecular formula is C13H16ClNO3S. The zero-order chi connectivity index (χ0) is 14.1. The van der Waals surface area contributed by atoms with Gasteiger partial charge in [0.15, 0.2) is 9.84 Å². The second-order valence-electron chi connectivity index (χ2n) is 5.22. The molecule has 6 heteroatoms. The van der Waals surface area contributed by atoms with Crippen LogP contribution in [0.3, 0.4) is 0 Å². The third kappa shape index (κ3) is 3.70. The van der Waals surface area contributed by atoms with Gasteiger partial charge in [0.2, 0.25) is 5.91 Å². The van der Waals surface area contributed by atoms with Crippen LogP contribution in [-0.2, 0) is 21.1 Å². The highest BCUT2D eigenvalue weighted by Gasteiger charge is 2.39. The molecule has 1 fully saturated rings. The van der Waals surface area contributed by atoms with Gasteiger partial charge in [-0.05, 0) is 25.0 Å². The smallest absolute Gasteiger partial charge is 0.224 e. The fraction of sp³-hybridized carbons (Fsp3) is 0.462. The van der Waals surface area contributed by atoms with E-state index in [0.29, 0.717) is 11.4 Å². The first kappa shape index (κ1) is 14.3. The van der Waals surface area contributed by atoms with Crippen molar-refractivity contribution in [2.24, 2.45) is 0 Å². The van der Waals surface area contributed by atoms with Crippen LogP contribution < -0.4 is 5.32 Å². The highest BCUT2D eigenvalue weighted by molar-refractivity contribution is 7.91. The molecule has 1 aromatic rings. The van der Waals surface area contributed by atoms with E-state index in [-0.39, 0.29) is 23.8 Å². The van der Waals surface area contributed by atoms with Crippen LogP contribution in [0.2, 0.25) is 5.02 Å². The van der Waals surface area contributed by atoms with E-state index >= 15 is 0 Å². The van der Waals surface area contributed by atoms with Gasteiger partial charge in [-0.25, -0.2) is 8.42 Å². The summed E-state index contributed by atoms with van der Waals surface area (Å²) in [5, 5.41) is 3.35. The zero-order valence-corrected chi connectivity index (χ0v) is 12.2. The van der Waals surface area contributed by atoms with E-state index in [1.807, 2.05) is 6.07 Å². The minimum absolute atomic E-state index is 0.00820. The Morgan fingerprint density at radius 1 is 1.42 bits per heavy atom. The molecule has 1 saturated heterocycles. The van der Waals surface area contributed by atoms with Crippen molar-refractivity contribution < 1.29 is 13.2 Å². The van der Waals surface area contributed by atoms with Crippen molar-refractivity contribution in [1.82, 2.24) is 5.32 Å². The number of benzene rings is 1. The topological polar surface area (TPSA) is 63.2 Å². The standard InChI is InChI=1S/C13H16ClNO3S/c1-13(6-7-19(17,18)9-13)15-12(16)8-10-4-2-3-5-11(10)14/h2-5H,6-9H2,1H3,(H,15,16)/t13-/m0/s1. The summed E-state index contributed by atoms with van der Waals surface area (Å²) in [6, 6.07) is 7.13. The molecule has 0 unspecified atom stereocenters. The van der Waals surface area contributed by atoms with Crippen LogP contribution in [0, 0.1) is 0 Å². The van der Waals surface area contributed by atoms with Crippen LogP contribution in [0.15, 0.2) is 24.3 Å². The van der Waals surface area contributed by atoms with E-state index < -0.39 is 15.4 Å². The van der Waals surface area contributed by atoms with Crippen molar-refractivity contribution in [3.8, 4) is 0 Å². The van der Waals surface area contributed by atoms with Gasteiger partial charge in [0.05, 0.1) is 23.5 Å². The van der Waals surface area contributed by atoms with Crippen LogP contribution >= 0.6 is 11.6 Å². The minimum Gasteiger partial charge on any atom is -0.350 e. The Bertz CT molecular complexity index is 600. The Labute approximate surface area is 118 Å². The van der Waals surface area contributed by atoms with Crippen molar-refractivity contribution in [1.29, 1.82) is 0 Å². The lowest BCUT2D eigenvalue weighted by Crippen LogP contribution is -2.47. The van der Waals surface area contributed by atoms with Gasteiger partial charge in [-0.1, -0.05) is 29.8 Å². The fourth-order valence-electron chi connectivity index (χ4n) is 2.30. The van der Waals surface area contributed by atoms with Gasteiger partial charge in [0.25, 0.3) is 0 Å². The molecule has 1 aliphatic heterocycles. The average molecular weight is 302 g/mol. The number of carbonyl (C=O) groups is 1. The van der Waals surface area contributed by atoms with Gasteiger partial charge in [0, 0.05) is 5.02 Å². The second kappa shape index (κ2) is 5.13. The molecule has 0 radical (unpaired) electrons. The van der Waals surface area contributed by atoms with Gasteiger partial charge in [-0.3, -0.25) is 4.79 Å². The van der Waals surface area contributed by atoms with Crippen LogP contribution in [0.5, 0.6) is 0 Å². The molecule has 1 N–H and O–H groups in total. The molecule has 1 aliphatic rings.